The summed E-state index contributed by atoms with van der Waals surface area (Å²) in [6.45, 7) is 7.36. The minimum absolute atomic E-state index is 0.0579. The fraction of sp³-hybridized carbons (Fsp3) is 0.458. The highest BCUT2D eigenvalue weighted by atomic mass is 16.5. The maximum absolute atomic E-state index is 12.7. The number of hydrogen-bond donors (Lipinski definition) is 1. The van der Waals surface area contributed by atoms with Crippen molar-refractivity contribution in [2.75, 3.05) is 46.9 Å². The molecule has 0 spiro atoms. The van der Waals surface area contributed by atoms with Crippen LogP contribution in [0.5, 0.6) is 11.5 Å². The molecule has 0 aromatic heterocycles. The number of carbonyl (C=O) groups excluding carboxylic acids is 1. The quantitative estimate of drug-likeness (QED) is 0.687. The Balaban J connectivity index is 1.42. The maximum atomic E-state index is 12.7. The Morgan fingerprint density at radius 1 is 0.967 bits per heavy atom. The summed E-state index contributed by atoms with van der Waals surface area (Å²) in [5.74, 6) is 1.41. The molecule has 0 bridgehead atoms. The standard InChI is InChI=1S/C24H33N3O3/c1-19(24(28)25-18-21-9-10-22(29-2)23(17-21)30-3)27-15-13-26(14-16-27)12-11-20-7-5-4-6-8-20/h4-10,17,19H,11-16,18H2,1-3H3,(H,25,28). The van der Waals surface area contributed by atoms with E-state index in [1.807, 2.05) is 25.1 Å². The van der Waals surface area contributed by atoms with Crippen molar-refractivity contribution in [1.29, 1.82) is 0 Å². The topological polar surface area (TPSA) is 54.0 Å². The van der Waals surface area contributed by atoms with Crippen LogP contribution >= 0.6 is 0 Å². The SMILES string of the molecule is COc1ccc(CNC(=O)C(C)N2CCN(CCc3ccccc3)CC2)cc1OC. The molecule has 1 N–H and O–H groups in total. The first-order valence-electron chi connectivity index (χ1n) is 10.6. The number of rotatable bonds is 9. The van der Waals surface area contributed by atoms with Gasteiger partial charge >= 0.3 is 0 Å². The molecule has 1 atom stereocenters. The number of amides is 1. The van der Waals surface area contributed by atoms with E-state index in [4.69, 9.17) is 9.47 Å². The number of carbonyl (C=O) groups is 1. The summed E-state index contributed by atoms with van der Waals surface area (Å²) in [5, 5.41) is 3.05. The number of ether oxygens (including phenoxy) is 2. The van der Waals surface area contributed by atoms with E-state index in [0.29, 0.717) is 18.0 Å². The van der Waals surface area contributed by atoms with Crippen LogP contribution in [-0.4, -0.2) is 68.7 Å². The normalized spacial score (nSPS) is 16.1. The van der Waals surface area contributed by atoms with Crippen LogP contribution in [0.25, 0.3) is 0 Å². The van der Waals surface area contributed by atoms with E-state index in [0.717, 1.165) is 44.7 Å². The monoisotopic (exact) mass is 411 g/mol. The van der Waals surface area contributed by atoms with E-state index >= 15 is 0 Å². The molecule has 6 heteroatoms. The van der Waals surface area contributed by atoms with E-state index < -0.39 is 0 Å². The van der Waals surface area contributed by atoms with E-state index in [1.54, 1.807) is 14.2 Å². The van der Waals surface area contributed by atoms with Gasteiger partial charge in [-0.15, -0.1) is 0 Å². The van der Waals surface area contributed by atoms with E-state index in [9.17, 15) is 4.79 Å². The van der Waals surface area contributed by atoms with Crippen LogP contribution in [0.4, 0.5) is 0 Å². The van der Waals surface area contributed by atoms with Crippen LogP contribution in [0.2, 0.25) is 0 Å². The highest BCUT2D eigenvalue weighted by Crippen LogP contribution is 2.27. The van der Waals surface area contributed by atoms with Crippen molar-refractivity contribution in [3.05, 3.63) is 59.7 Å². The third-order valence-electron chi connectivity index (χ3n) is 5.81. The van der Waals surface area contributed by atoms with Crippen LogP contribution < -0.4 is 14.8 Å². The molecule has 162 valence electrons. The van der Waals surface area contributed by atoms with E-state index in [2.05, 4.69) is 45.4 Å². The zero-order valence-electron chi connectivity index (χ0n) is 18.3. The Morgan fingerprint density at radius 3 is 2.33 bits per heavy atom. The third kappa shape index (κ3) is 5.97. The predicted octanol–water partition coefficient (Wildman–Crippen LogP) is 2.57. The van der Waals surface area contributed by atoms with Gasteiger partial charge in [-0.05, 0) is 36.6 Å². The molecule has 3 rings (SSSR count). The van der Waals surface area contributed by atoms with Gasteiger partial charge in [0.2, 0.25) is 5.91 Å². The van der Waals surface area contributed by atoms with Gasteiger partial charge in [0.15, 0.2) is 11.5 Å². The first kappa shape index (κ1) is 22.1. The number of nitrogens with one attached hydrogen (secondary N) is 1. The van der Waals surface area contributed by atoms with Crippen LogP contribution in [0.15, 0.2) is 48.5 Å². The van der Waals surface area contributed by atoms with Gasteiger partial charge in [0.05, 0.1) is 20.3 Å². The maximum Gasteiger partial charge on any atom is 0.237 e. The predicted molar refractivity (Wildman–Crippen MR) is 119 cm³/mol. The van der Waals surface area contributed by atoms with Crippen molar-refractivity contribution in [3.8, 4) is 11.5 Å². The summed E-state index contributed by atoms with van der Waals surface area (Å²) in [5.41, 5.74) is 2.36. The molecule has 30 heavy (non-hydrogen) atoms. The lowest BCUT2D eigenvalue weighted by atomic mass is 10.1. The highest BCUT2D eigenvalue weighted by molar-refractivity contribution is 5.81. The molecule has 1 fully saturated rings. The number of methoxy groups -OCH3 is 2. The van der Waals surface area contributed by atoms with Crippen LogP contribution in [0, 0.1) is 0 Å². The van der Waals surface area contributed by atoms with E-state index in [-0.39, 0.29) is 11.9 Å². The molecule has 2 aromatic carbocycles. The lowest BCUT2D eigenvalue weighted by molar-refractivity contribution is -0.126. The Labute approximate surface area is 179 Å². The van der Waals surface area contributed by atoms with Crippen molar-refractivity contribution in [2.24, 2.45) is 0 Å². The van der Waals surface area contributed by atoms with Crippen molar-refractivity contribution < 1.29 is 14.3 Å². The van der Waals surface area contributed by atoms with Gasteiger partial charge < -0.3 is 19.7 Å². The van der Waals surface area contributed by atoms with Crippen LogP contribution in [0.3, 0.4) is 0 Å². The summed E-state index contributed by atoms with van der Waals surface area (Å²) in [7, 11) is 3.23. The molecular formula is C24H33N3O3. The minimum atomic E-state index is -0.138. The van der Waals surface area contributed by atoms with Gasteiger partial charge in [0, 0.05) is 39.3 Å². The summed E-state index contributed by atoms with van der Waals surface area (Å²) >= 11 is 0. The number of piperazine rings is 1. The van der Waals surface area contributed by atoms with Gasteiger partial charge in [-0.2, -0.15) is 0 Å². The Hall–Kier alpha value is -2.57. The van der Waals surface area contributed by atoms with Gasteiger partial charge in [0.1, 0.15) is 0 Å². The Kier molecular flexibility index (Phi) is 8.11. The smallest absolute Gasteiger partial charge is 0.237 e. The fourth-order valence-corrected chi connectivity index (χ4v) is 3.80. The average Bonchev–Trinajstić information content (AvgIpc) is 2.81. The largest absolute Gasteiger partial charge is 0.493 e. The third-order valence-corrected chi connectivity index (χ3v) is 5.81. The first-order chi connectivity index (χ1) is 14.6. The van der Waals surface area contributed by atoms with Crippen molar-refractivity contribution >= 4 is 5.91 Å². The van der Waals surface area contributed by atoms with Gasteiger partial charge in [-0.3, -0.25) is 9.69 Å². The molecule has 0 saturated carbocycles. The zero-order chi connectivity index (χ0) is 21.3. The second-order valence-electron chi connectivity index (χ2n) is 7.70. The van der Waals surface area contributed by atoms with Gasteiger partial charge in [-0.1, -0.05) is 36.4 Å². The molecular weight excluding hydrogens is 378 g/mol. The molecule has 1 aliphatic heterocycles. The van der Waals surface area contributed by atoms with Crippen LogP contribution in [0.1, 0.15) is 18.1 Å². The highest BCUT2D eigenvalue weighted by Gasteiger charge is 2.25. The molecule has 1 unspecified atom stereocenters. The summed E-state index contributed by atoms with van der Waals surface area (Å²) in [6.07, 6.45) is 1.07. The summed E-state index contributed by atoms with van der Waals surface area (Å²) in [6, 6.07) is 16.2. The molecule has 1 amide bonds. The summed E-state index contributed by atoms with van der Waals surface area (Å²) in [4.78, 5) is 17.4. The van der Waals surface area contributed by atoms with Crippen LogP contribution in [-0.2, 0) is 17.8 Å². The molecule has 1 aliphatic rings. The van der Waals surface area contributed by atoms with E-state index in [1.165, 1.54) is 5.56 Å². The molecule has 0 radical (unpaired) electrons. The zero-order valence-corrected chi connectivity index (χ0v) is 18.3. The molecule has 0 aliphatic carbocycles. The number of hydrogen-bond acceptors (Lipinski definition) is 5. The molecule has 2 aromatic rings. The lowest BCUT2D eigenvalue weighted by Gasteiger charge is -2.37. The minimum Gasteiger partial charge on any atom is -0.493 e. The van der Waals surface area contributed by atoms with Crippen molar-refractivity contribution in [1.82, 2.24) is 15.1 Å². The van der Waals surface area contributed by atoms with Gasteiger partial charge in [0.25, 0.3) is 0 Å². The molecule has 6 nitrogen and oxygen atoms in total. The molecule has 1 heterocycles. The number of benzene rings is 2. The lowest BCUT2D eigenvalue weighted by Crippen LogP contribution is -2.54. The van der Waals surface area contributed by atoms with Crippen molar-refractivity contribution in [3.63, 3.8) is 0 Å². The second kappa shape index (κ2) is 11.0. The fourth-order valence-electron chi connectivity index (χ4n) is 3.80. The Morgan fingerprint density at radius 2 is 1.67 bits per heavy atom. The summed E-state index contributed by atoms with van der Waals surface area (Å²) < 4.78 is 10.6. The molecule has 1 saturated heterocycles. The van der Waals surface area contributed by atoms with Gasteiger partial charge in [-0.25, -0.2) is 0 Å². The Bertz CT molecular complexity index is 805. The second-order valence-corrected chi connectivity index (χ2v) is 7.70. The van der Waals surface area contributed by atoms with Crippen molar-refractivity contribution in [2.45, 2.75) is 25.9 Å². The average molecular weight is 412 g/mol. The first-order valence-corrected chi connectivity index (χ1v) is 10.6. The number of nitrogens with zero attached hydrogens (tertiary/aromatic N) is 2.